The van der Waals surface area contributed by atoms with Gasteiger partial charge in [0.2, 0.25) is 0 Å². The molecule has 2 rings (SSSR count). The summed E-state index contributed by atoms with van der Waals surface area (Å²) < 4.78 is 0. The number of hydrogen-bond acceptors (Lipinski definition) is 1. The van der Waals surface area contributed by atoms with Gasteiger partial charge in [0.15, 0.2) is 0 Å². The van der Waals surface area contributed by atoms with Crippen LogP contribution in [0.2, 0.25) is 0 Å². The van der Waals surface area contributed by atoms with Gasteiger partial charge in [0.05, 0.1) is 0 Å². The molecule has 1 aliphatic heterocycles. The second-order valence-corrected chi connectivity index (χ2v) is 6.17. The first-order valence-electron chi connectivity index (χ1n) is 6.19. The van der Waals surface area contributed by atoms with E-state index in [4.69, 9.17) is 0 Å². The molecule has 0 aliphatic carbocycles. The van der Waals surface area contributed by atoms with Gasteiger partial charge in [-0.2, -0.15) is 0 Å². The van der Waals surface area contributed by atoms with Crippen molar-refractivity contribution in [2.45, 2.75) is 46.1 Å². The average molecular weight is 217 g/mol. The maximum Gasteiger partial charge on any atom is 0.0233 e. The van der Waals surface area contributed by atoms with Crippen LogP contribution in [0.3, 0.4) is 0 Å². The van der Waals surface area contributed by atoms with E-state index in [2.05, 4.69) is 51.8 Å². The van der Waals surface area contributed by atoms with Crippen LogP contribution < -0.4 is 0 Å². The van der Waals surface area contributed by atoms with Crippen LogP contribution in [-0.2, 0) is 18.4 Å². The molecular weight excluding hydrogens is 194 g/mol. The fraction of sp³-hybridized carbons (Fsp3) is 0.600. The smallest absolute Gasteiger partial charge is 0.0233 e. The second kappa shape index (κ2) is 3.89. The van der Waals surface area contributed by atoms with Gasteiger partial charge in [-0.25, -0.2) is 0 Å². The zero-order chi connectivity index (χ0) is 11.9. The van der Waals surface area contributed by atoms with Crippen molar-refractivity contribution in [3.8, 4) is 0 Å². The van der Waals surface area contributed by atoms with Crippen molar-refractivity contribution in [1.29, 1.82) is 0 Å². The number of aryl methyl sites for hydroxylation is 1. The summed E-state index contributed by atoms with van der Waals surface area (Å²) in [5.41, 5.74) is 6.31. The maximum absolute atomic E-state index is 2.43. The van der Waals surface area contributed by atoms with E-state index in [1.165, 1.54) is 29.7 Å². The van der Waals surface area contributed by atoms with Crippen molar-refractivity contribution >= 4 is 0 Å². The molecule has 1 aromatic carbocycles. The van der Waals surface area contributed by atoms with Gasteiger partial charge in [-0.1, -0.05) is 32.9 Å². The normalized spacial score (nSPS) is 17.3. The lowest BCUT2D eigenvalue weighted by atomic mass is 9.81. The van der Waals surface area contributed by atoms with Crippen molar-refractivity contribution < 1.29 is 0 Å². The average Bonchev–Trinajstić information content (AvgIpc) is 2.16. The minimum Gasteiger partial charge on any atom is -0.302 e. The molecule has 0 atom stereocenters. The first kappa shape index (κ1) is 11.7. The summed E-state index contributed by atoms with van der Waals surface area (Å²) in [6, 6.07) is 4.84. The summed E-state index contributed by atoms with van der Waals surface area (Å²) in [5.74, 6) is 0. The van der Waals surface area contributed by atoms with E-state index in [9.17, 15) is 0 Å². The number of likely N-dealkylation sites (N-methyl/N-ethyl adjacent to an activating group) is 1. The van der Waals surface area contributed by atoms with Gasteiger partial charge in [0, 0.05) is 13.1 Å². The molecule has 0 aromatic heterocycles. The van der Waals surface area contributed by atoms with E-state index in [0.717, 1.165) is 6.54 Å². The molecule has 88 valence electrons. The Labute approximate surface area is 99.5 Å². The summed E-state index contributed by atoms with van der Waals surface area (Å²) in [5, 5.41) is 0. The molecule has 1 nitrogen and oxygen atoms in total. The topological polar surface area (TPSA) is 3.24 Å². The lowest BCUT2D eigenvalue weighted by Crippen LogP contribution is -2.27. The van der Waals surface area contributed by atoms with Crippen LogP contribution in [0, 0.1) is 6.92 Å². The Morgan fingerprint density at radius 2 is 1.81 bits per heavy atom. The largest absolute Gasteiger partial charge is 0.302 e. The summed E-state index contributed by atoms with van der Waals surface area (Å²) in [6.07, 6.45) is 1.21. The Kier molecular flexibility index (Phi) is 2.83. The molecule has 0 amide bonds. The minimum atomic E-state index is 0.259. The first-order valence-corrected chi connectivity index (χ1v) is 6.19. The van der Waals surface area contributed by atoms with Crippen molar-refractivity contribution in [2.75, 3.05) is 13.6 Å². The molecule has 0 N–H and O–H groups in total. The highest BCUT2D eigenvalue weighted by Gasteiger charge is 2.20. The summed E-state index contributed by atoms with van der Waals surface area (Å²) in [4.78, 5) is 2.41. The number of nitrogens with zero attached hydrogens (tertiary/aromatic N) is 1. The lowest BCUT2D eigenvalue weighted by Gasteiger charge is -2.29. The highest BCUT2D eigenvalue weighted by Crippen LogP contribution is 2.30. The highest BCUT2D eigenvalue weighted by molar-refractivity contribution is 5.42. The molecule has 16 heavy (non-hydrogen) atoms. The standard InChI is InChI=1S/C15H23N/c1-11-8-12-6-7-16(5)10-13(12)9-14(11)15(2,3)4/h8-9H,6-7,10H2,1-5H3. The third-order valence-electron chi connectivity index (χ3n) is 3.56. The van der Waals surface area contributed by atoms with Gasteiger partial charge >= 0.3 is 0 Å². The molecule has 0 radical (unpaired) electrons. The Hall–Kier alpha value is -0.820. The molecule has 1 aliphatic rings. The molecule has 0 saturated heterocycles. The zero-order valence-electron chi connectivity index (χ0n) is 11.2. The Bertz CT molecular complexity index is 399. The fourth-order valence-electron chi connectivity index (χ4n) is 2.68. The summed E-state index contributed by atoms with van der Waals surface area (Å²) in [6.45, 7) is 11.5. The molecule has 1 heteroatoms. The second-order valence-electron chi connectivity index (χ2n) is 6.17. The number of benzene rings is 1. The molecule has 0 unspecified atom stereocenters. The van der Waals surface area contributed by atoms with E-state index in [-0.39, 0.29) is 5.41 Å². The van der Waals surface area contributed by atoms with Gasteiger partial charge in [-0.3, -0.25) is 0 Å². The molecule has 1 heterocycles. The third kappa shape index (κ3) is 2.15. The molecule has 1 aromatic rings. The zero-order valence-corrected chi connectivity index (χ0v) is 11.2. The molecule has 0 saturated carbocycles. The quantitative estimate of drug-likeness (QED) is 0.644. The number of rotatable bonds is 0. The highest BCUT2D eigenvalue weighted by atomic mass is 15.1. The molecule has 0 spiro atoms. The van der Waals surface area contributed by atoms with Crippen LogP contribution >= 0.6 is 0 Å². The number of fused-ring (bicyclic) bond motifs is 1. The predicted octanol–water partition coefficient (Wildman–Crippen LogP) is 3.28. The van der Waals surface area contributed by atoms with Crippen LogP contribution in [0.15, 0.2) is 12.1 Å². The molecular formula is C15H23N. The van der Waals surface area contributed by atoms with E-state index in [1.54, 1.807) is 5.56 Å². The molecule has 0 fully saturated rings. The third-order valence-corrected chi connectivity index (χ3v) is 3.56. The van der Waals surface area contributed by atoms with Crippen LogP contribution in [-0.4, -0.2) is 18.5 Å². The van der Waals surface area contributed by atoms with E-state index in [1.807, 2.05) is 0 Å². The van der Waals surface area contributed by atoms with Crippen molar-refractivity contribution in [3.63, 3.8) is 0 Å². The summed E-state index contributed by atoms with van der Waals surface area (Å²) >= 11 is 0. The van der Waals surface area contributed by atoms with Crippen molar-refractivity contribution in [1.82, 2.24) is 4.90 Å². The van der Waals surface area contributed by atoms with Gasteiger partial charge in [-0.05, 0) is 48.1 Å². The first-order chi connectivity index (χ1) is 7.38. The summed E-state index contributed by atoms with van der Waals surface area (Å²) in [7, 11) is 2.21. The predicted molar refractivity (Wildman–Crippen MR) is 69.9 cm³/mol. The van der Waals surface area contributed by atoms with Crippen LogP contribution in [0.4, 0.5) is 0 Å². The number of hydrogen-bond donors (Lipinski definition) is 0. The maximum atomic E-state index is 2.43. The van der Waals surface area contributed by atoms with E-state index >= 15 is 0 Å². The van der Waals surface area contributed by atoms with Crippen LogP contribution in [0.5, 0.6) is 0 Å². The van der Waals surface area contributed by atoms with Gasteiger partial charge in [-0.15, -0.1) is 0 Å². The van der Waals surface area contributed by atoms with Crippen LogP contribution in [0.25, 0.3) is 0 Å². The van der Waals surface area contributed by atoms with E-state index in [0.29, 0.717) is 0 Å². The molecule has 0 bridgehead atoms. The van der Waals surface area contributed by atoms with Gasteiger partial charge in [0.1, 0.15) is 0 Å². The van der Waals surface area contributed by atoms with Crippen molar-refractivity contribution in [3.05, 3.63) is 34.4 Å². The van der Waals surface area contributed by atoms with Gasteiger partial charge < -0.3 is 4.90 Å². The minimum absolute atomic E-state index is 0.259. The van der Waals surface area contributed by atoms with E-state index < -0.39 is 0 Å². The fourth-order valence-corrected chi connectivity index (χ4v) is 2.68. The van der Waals surface area contributed by atoms with Gasteiger partial charge in [0.25, 0.3) is 0 Å². The Morgan fingerprint density at radius 3 is 2.44 bits per heavy atom. The Balaban J connectivity index is 2.47. The van der Waals surface area contributed by atoms with Crippen LogP contribution in [0.1, 0.15) is 43.0 Å². The lowest BCUT2D eigenvalue weighted by molar-refractivity contribution is 0.312. The Morgan fingerprint density at radius 1 is 1.12 bits per heavy atom. The monoisotopic (exact) mass is 217 g/mol. The van der Waals surface area contributed by atoms with Crippen molar-refractivity contribution in [2.24, 2.45) is 0 Å². The SMILES string of the molecule is Cc1cc2c(cc1C(C)(C)C)CN(C)CC2.